The van der Waals surface area contributed by atoms with Gasteiger partial charge in [0.05, 0.1) is 34.7 Å². The molecule has 0 fully saturated rings. The van der Waals surface area contributed by atoms with Gasteiger partial charge in [-0.05, 0) is 43.3 Å². The van der Waals surface area contributed by atoms with Gasteiger partial charge >= 0.3 is 7.60 Å². The number of pyridine rings is 3. The van der Waals surface area contributed by atoms with Gasteiger partial charge in [-0.3, -0.25) is 14.5 Å². The molecule has 0 aliphatic rings. The van der Waals surface area contributed by atoms with Crippen LogP contribution in [0.1, 0.15) is 6.92 Å². The third kappa shape index (κ3) is 3.57. The average molecular weight is 341 g/mol. The lowest BCUT2D eigenvalue weighted by Gasteiger charge is -2.13. The van der Waals surface area contributed by atoms with Crippen LogP contribution >= 0.6 is 7.60 Å². The van der Waals surface area contributed by atoms with Crippen molar-refractivity contribution in [1.29, 1.82) is 0 Å². The summed E-state index contributed by atoms with van der Waals surface area (Å²) in [5, 5.41) is 0.167. The zero-order valence-electron chi connectivity index (χ0n) is 13.0. The van der Waals surface area contributed by atoms with Crippen LogP contribution in [0, 0.1) is 0 Å². The molecular weight excluding hydrogens is 325 g/mol. The van der Waals surface area contributed by atoms with Gasteiger partial charge < -0.3 is 9.42 Å². The molecule has 6 nitrogen and oxygen atoms in total. The molecule has 0 saturated carbocycles. The Morgan fingerprint density at radius 3 is 1.92 bits per heavy atom. The van der Waals surface area contributed by atoms with Crippen molar-refractivity contribution >= 4 is 12.9 Å². The van der Waals surface area contributed by atoms with Gasteiger partial charge in [-0.2, -0.15) is 0 Å². The van der Waals surface area contributed by atoms with Crippen molar-refractivity contribution in [1.82, 2.24) is 15.0 Å². The van der Waals surface area contributed by atoms with E-state index in [1.807, 2.05) is 12.1 Å². The van der Waals surface area contributed by atoms with Crippen molar-refractivity contribution in [2.75, 3.05) is 6.61 Å². The average Bonchev–Trinajstić information content (AvgIpc) is 2.63. The number of aromatic nitrogens is 3. The zero-order chi connectivity index (χ0) is 17.0. The van der Waals surface area contributed by atoms with E-state index >= 15 is 0 Å². The SMILES string of the molecule is CCOP(=O)(O)c1cc(-c2ccccn2)nc(-c2ccccn2)c1. The van der Waals surface area contributed by atoms with Gasteiger partial charge in [-0.15, -0.1) is 0 Å². The maximum absolute atomic E-state index is 12.4. The highest BCUT2D eigenvalue weighted by atomic mass is 31.2. The van der Waals surface area contributed by atoms with Gasteiger partial charge in [0.15, 0.2) is 0 Å². The summed E-state index contributed by atoms with van der Waals surface area (Å²) in [6, 6.07) is 13.9. The molecule has 0 aliphatic heterocycles. The second-order valence-electron chi connectivity index (χ2n) is 4.96. The second-order valence-corrected chi connectivity index (χ2v) is 6.78. The highest BCUT2D eigenvalue weighted by Gasteiger charge is 2.24. The number of nitrogens with zero attached hydrogens (tertiary/aromatic N) is 3. The van der Waals surface area contributed by atoms with E-state index in [1.54, 1.807) is 43.6 Å². The molecule has 0 spiro atoms. The maximum Gasteiger partial charge on any atom is 0.358 e. The van der Waals surface area contributed by atoms with Crippen molar-refractivity contribution in [2.24, 2.45) is 0 Å². The van der Waals surface area contributed by atoms with E-state index in [4.69, 9.17) is 4.52 Å². The Labute approximate surface area is 139 Å². The molecule has 1 N–H and O–H groups in total. The third-order valence-electron chi connectivity index (χ3n) is 3.30. The molecule has 1 unspecified atom stereocenters. The molecule has 3 rings (SSSR count). The predicted molar refractivity (Wildman–Crippen MR) is 91.8 cm³/mol. The van der Waals surface area contributed by atoms with E-state index in [0.717, 1.165) is 0 Å². The normalized spacial score (nSPS) is 13.4. The van der Waals surface area contributed by atoms with Crippen molar-refractivity contribution in [3.05, 3.63) is 60.9 Å². The van der Waals surface area contributed by atoms with E-state index in [1.165, 1.54) is 12.1 Å². The van der Waals surface area contributed by atoms with Crippen molar-refractivity contribution in [3.8, 4) is 22.8 Å². The second kappa shape index (κ2) is 7.01. The van der Waals surface area contributed by atoms with Gasteiger partial charge in [-0.25, -0.2) is 4.98 Å². The van der Waals surface area contributed by atoms with Gasteiger partial charge in [0.2, 0.25) is 0 Å². The lowest BCUT2D eigenvalue weighted by Crippen LogP contribution is -2.10. The first-order valence-electron chi connectivity index (χ1n) is 7.43. The molecule has 0 aliphatic carbocycles. The fourth-order valence-corrected chi connectivity index (χ4v) is 3.29. The molecule has 122 valence electrons. The molecule has 1 atom stereocenters. The number of hydrogen-bond acceptors (Lipinski definition) is 5. The van der Waals surface area contributed by atoms with Crippen LogP contribution in [0.3, 0.4) is 0 Å². The van der Waals surface area contributed by atoms with E-state index in [0.29, 0.717) is 22.8 Å². The first kappa shape index (κ1) is 16.5. The van der Waals surface area contributed by atoms with Crippen LogP contribution in [-0.4, -0.2) is 26.5 Å². The van der Waals surface area contributed by atoms with Gasteiger partial charge in [0.25, 0.3) is 0 Å². The molecule has 3 aromatic rings. The Morgan fingerprint density at radius 2 is 1.50 bits per heavy atom. The first-order chi connectivity index (χ1) is 11.6. The lowest BCUT2D eigenvalue weighted by molar-refractivity contribution is 0.284. The van der Waals surface area contributed by atoms with E-state index in [9.17, 15) is 9.46 Å². The van der Waals surface area contributed by atoms with E-state index in [-0.39, 0.29) is 11.9 Å². The third-order valence-corrected chi connectivity index (χ3v) is 4.81. The fraction of sp³-hybridized carbons (Fsp3) is 0.118. The van der Waals surface area contributed by atoms with Crippen LogP contribution < -0.4 is 5.30 Å². The smallest absolute Gasteiger partial charge is 0.321 e. The summed E-state index contributed by atoms with van der Waals surface area (Å²) in [5.41, 5.74) is 2.19. The van der Waals surface area contributed by atoms with Gasteiger partial charge in [0, 0.05) is 12.4 Å². The monoisotopic (exact) mass is 341 g/mol. The number of rotatable bonds is 5. The summed E-state index contributed by atoms with van der Waals surface area (Å²) in [6.07, 6.45) is 3.29. The molecule has 0 radical (unpaired) electrons. The minimum atomic E-state index is -3.94. The molecule has 0 amide bonds. The predicted octanol–water partition coefficient (Wildman–Crippen LogP) is 3.05. The Morgan fingerprint density at radius 1 is 0.958 bits per heavy atom. The number of hydrogen-bond donors (Lipinski definition) is 1. The van der Waals surface area contributed by atoms with Crippen LogP contribution in [0.2, 0.25) is 0 Å². The van der Waals surface area contributed by atoms with Crippen LogP contribution in [0.4, 0.5) is 0 Å². The molecular formula is C17H16N3O3P. The van der Waals surface area contributed by atoms with Crippen LogP contribution in [0.25, 0.3) is 22.8 Å². The summed E-state index contributed by atoms with van der Waals surface area (Å²) in [4.78, 5) is 23.2. The molecule has 24 heavy (non-hydrogen) atoms. The van der Waals surface area contributed by atoms with Crippen molar-refractivity contribution < 1.29 is 14.0 Å². The zero-order valence-corrected chi connectivity index (χ0v) is 13.9. The first-order valence-corrected chi connectivity index (χ1v) is 9.00. The minimum Gasteiger partial charge on any atom is -0.321 e. The van der Waals surface area contributed by atoms with Crippen molar-refractivity contribution in [3.63, 3.8) is 0 Å². The summed E-state index contributed by atoms with van der Waals surface area (Å²) in [6.45, 7) is 1.80. The van der Waals surface area contributed by atoms with E-state index in [2.05, 4.69) is 15.0 Å². The molecule has 7 heteroatoms. The molecule has 0 saturated heterocycles. The quantitative estimate of drug-likeness (QED) is 0.718. The summed E-state index contributed by atoms with van der Waals surface area (Å²) < 4.78 is 17.5. The van der Waals surface area contributed by atoms with Gasteiger partial charge in [-0.1, -0.05) is 12.1 Å². The van der Waals surface area contributed by atoms with E-state index < -0.39 is 7.60 Å². The minimum absolute atomic E-state index is 0.133. The maximum atomic E-state index is 12.4. The van der Waals surface area contributed by atoms with Crippen LogP contribution in [0.5, 0.6) is 0 Å². The Hall–Kier alpha value is -2.40. The molecule has 0 aromatic carbocycles. The summed E-state index contributed by atoms with van der Waals surface area (Å²) in [5.74, 6) is 0. The largest absolute Gasteiger partial charge is 0.358 e. The lowest BCUT2D eigenvalue weighted by atomic mass is 10.2. The summed E-state index contributed by atoms with van der Waals surface area (Å²) >= 11 is 0. The Bertz CT molecular complexity index is 815. The fourth-order valence-electron chi connectivity index (χ4n) is 2.22. The Balaban J connectivity index is 2.18. The van der Waals surface area contributed by atoms with Gasteiger partial charge in [0.1, 0.15) is 0 Å². The molecule has 3 heterocycles. The van der Waals surface area contributed by atoms with Crippen LogP contribution in [-0.2, 0) is 9.09 Å². The molecule has 0 bridgehead atoms. The Kier molecular flexibility index (Phi) is 4.81. The van der Waals surface area contributed by atoms with Crippen molar-refractivity contribution in [2.45, 2.75) is 6.92 Å². The standard InChI is InChI=1S/C17H16N3O3P/c1-2-23-24(21,22)13-11-16(14-7-3-5-9-18-14)20-17(12-13)15-8-4-6-10-19-15/h3-12H,2H2,1H3,(H,21,22). The highest BCUT2D eigenvalue weighted by molar-refractivity contribution is 7.61. The molecule has 3 aromatic heterocycles. The summed E-state index contributed by atoms with van der Waals surface area (Å²) in [7, 11) is -3.94. The highest BCUT2D eigenvalue weighted by Crippen LogP contribution is 2.41. The van der Waals surface area contributed by atoms with Crippen LogP contribution in [0.15, 0.2) is 60.9 Å². The topological polar surface area (TPSA) is 85.2 Å².